The maximum Gasteiger partial charge on any atom is 0.128 e. The summed E-state index contributed by atoms with van der Waals surface area (Å²) in [4.78, 5) is 8.53. The predicted octanol–water partition coefficient (Wildman–Crippen LogP) is 3.15. The molecule has 0 aromatic carbocycles. The molecule has 3 heteroatoms. The first-order valence-corrected chi connectivity index (χ1v) is 6.01. The van der Waals surface area contributed by atoms with Gasteiger partial charge in [0.1, 0.15) is 5.82 Å². The Kier molecular flexibility index (Phi) is 5.30. The molecule has 1 rings (SSSR count). The molecule has 1 aromatic rings. The molecule has 2 nitrogen and oxygen atoms in total. The van der Waals surface area contributed by atoms with Crippen LogP contribution in [0.5, 0.6) is 0 Å². The van der Waals surface area contributed by atoms with Crippen LogP contribution < -0.4 is 0 Å². The highest BCUT2D eigenvalue weighted by Crippen LogP contribution is 2.07. The molecule has 0 radical (unpaired) electrons. The van der Waals surface area contributed by atoms with Crippen LogP contribution in [-0.2, 0) is 6.42 Å². The fourth-order valence-electron chi connectivity index (χ4n) is 0.982. The largest absolute Gasteiger partial charge is 0.241 e. The van der Waals surface area contributed by atoms with Crippen LogP contribution in [-0.4, -0.2) is 15.7 Å². The van der Waals surface area contributed by atoms with E-state index in [4.69, 9.17) is 0 Å². The maximum atomic E-state index is 4.38. The fraction of sp³-hybridized carbons (Fsp3) is 0.455. The number of nitrogens with zero attached hydrogens (tertiary/aromatic N) is 2. The first kappa shape index (κ1) is 11.2. The van der Waals surface area contributed by atoms with Gasteiger partial charge in [-0.1, -0.05) is 13.8 Å². The number of aryl methyl sites for hydroxylation is 1. The van der Waals surface area contributed by atoms with Crippen LogP contribution in [0.2, 0.25) is 0 Å². The van der Waals surface area contributed by atoms with E-state index in [1.54, 1.807) is 0 Å². The highest BCUT2D eigenvalue weighted by atomic mass is 32.2. The Balaban J connectivity index is 2.53. The van der Waals surface area contributed by atoms with Crippen molar-refractivity contribution in [3.05, 3.63) is 29.2 Å². The van der Waals surface area contributed by atoms with E-state index in [0.717, 1.165) is 17.9 Å². The van der Waals surface area contributed by atoms with Gasteiger partial charge >= 0.3 is 0 Å². The van der Waals surface area contributed by atoms with Crippen molar-refractivity contribution < 1.29 is 0 Å². The lowest BCUT2D eigenvalue weighted by molar-refractivity contribution is 0.934. The summed E-state index contributed by atoms with van der Waals surface area (Å²) in [5.74, 6) is 2.08. The summed E-state index contributed by atoms with van der Waals surface area (Å²) in [5, 5.41) is 2.10. The molecule has 76 valence electrons. The molecule has 0 aliphatic rings. The van der Waals surface area contributed by atoms with Gasteiger partial charge in [-0.05, 0) is 29.7 Å². The minimum atomic E-state index is 0.893. The monoisotopic (exact) mass is 208 g/mol. The molecule has 1 heterocycles. The van der Waals surface area contributed by atoms with Crippen LogP contribution in [0.15, 0.2) is 17.7 Å². The van der Waals surface area contributed by atoms with Crippen LogP contribution in [0.4, 0.5) is 0 Å². The number of hydrogen-bond acceptors (Lipinski definition) is 3. The minimum absolute atomic E-state index is 0.893. The van der Waals surface area contributed by atoms with Crippen molar-refractivity contribution in [2.75, 3.05) is 5.75 Å². The Bertz CT molecular complexity index is 297. The van der Waals surface area contributed by atoms with Crippen molar-refractivity contribution in [1.29, 1.82) is 0 Å². The van der Waals surface area contributed by atoms with E-state index in [-0.39, 0.29) is 0 Å². The van der Waals surface area contributed by atoms with Crippen molar-refractivity contribution in [1.82, 2.24) is 9.97 Å². The zero-order valence-corrected chi connectivity index (χ0v) is 9.55. The average molecular weight is 208 g/mol. The van der Waals surface area contributed by atoms with Crippen molar-refractivity contribution >= 4 is 17.8 Å². The third kappa shape index (κ3) is 3.92. The second kappa shape index (κ2) is 6.60. The molecule has 14 heavy (non-hydrogen) atoms. The maximum absolute atomic E-state index is 4.38. The average Bonchev–Trinajstić information content (AvgIpc) is 2.25. The van der Waals surface area contributed by atoms with Gasteiger partial charge in [0.25, 0.3) is 0 Å². The molecule has 0 aliphatic heterocycles. The molecule has 0 amide bonds. The fourth-order valence-corrected chi connectivity index (χ4v) is 1.59. The zero-order valence-electron chi connectivity index (χ0n) is 8.73. The van der Waals surface area contributed by atoms with E-state index in [9.17, 15) is 0 Å². The summed E-state index contributed by atoms with van der Waals surface area (Å²) in [6.07, 6.45) is 5.96. The zero-order chi connectivity index (χ0) is 10.2. The minimum Gasteiger partial charge on any atom is -0.241 e. The Morgan fingerprint density at radius 2 is 2.29 bits per heavy atom. The second-order valence-corrected chi connectivity index (χ2v) is 3.94. The first-order valence-electron chi connectivity index (χ1n) is 4.97. The van der Waals surface area contributed by atoms with E-state index < -0.39 is 0 Å². The van der Waals surface area contributed by atoms with E-state index in [2.05, 4.69) is 29.2 Å². The van der Waals surface area contributed by atoms with Gasteiger partial charge in [-0.25, -0.2) is 9.97 Å². The van der Waals surface area contributed by atoms with Crippen molar-refractivity contribution in [2.45, 2.75) is 26.7 Å². The highest BCUT2D eigenvalue weighted by molar-refractivity contribution is 8.02. The lowest BCUT2D eigenvalue weighted by Crippen LogP contribution is -1.92. The number of thioether (sulfide) groups is 1. The summed E-state index contributed by atoms with van der Waals surface area (Å²) in [6, 6.07) is 1.93. The number of rotatable bonds is 5. The summed E-state index contributed by atoms with van der Waals surface area (Å²) < 4.78 is 0. The molecule has 0 saturated carbocycles. The molecular weight excluding hydrogens is 192 g/mol. The molecule has 0 saturated heterocycles. The van der Waals surface area contributed by atoms with Crippen molar-refractivity contribution in [3.8, 4) is 0 Å². The van der Waals surface area contributed by atoms with E-state index in [1.807, 2.05) is 30.1 Å². The van der Waals surface area contributed by atoms with Crippen LogP contribution in [0.3, 0.4) is 0 Å². The van der Waals surface area contributed by atoms with Gasteiger partial charge in [-0.15, -0.1) is 11.8 Å². The van der Waals surface area contributed by atoms with Gasteiger partial charge in [0.2, 0.25) is 0 Å². The normalized spacial score (nSPS) is 11.0. The molecule has 0 unspecified atom stereocenters. The highest BCUT2D eigenvalue weighted by Gasteiger charge is 1.92. The Labute approximate surface area is 89.9 Å². The lowest BCUT2D eigenvalue weighted by Gasteiger charge is -1.96. The van der Waals surface area contributed by atoms with Gasteiger partial charge in [-0.3, -0.25) is 0 Å². The third-order valence-electron chi connectivity index (χ3n) is 1.70. The molecule has 0 atom stereocenters. The van der Waals surface area contributed by atoms with Gasteiger partial charge < -0.3 is 0 Å². The van der Waals surface area contributed by atoms with Gasteiger partial charge in [0.15, 0.2) is 0 Å². The third-order valence-corrected chi connectivity index (χ3v) is 2.67. The topological polar surface area (TPSA) is 25.8 Å². The molecule has 1 aromatic heterocycles. The van der Waals surface area contributed by atoms with E-state index in [0.29, 0.717) is 0 Å². The standard InChI is InChI=1S/C11H16N2S/c1-3-8-14-9-6-10-5-7-12-11(4-2)13-10/h5-7,9H,3-4,8H2,1-2H3/b9-6+. The Hall–Kier alpha value is -0.830. The second-order valence-electron chi connectivity index (χ2n) is 2.92. The Morgan fingerprint density at radius 1 is 1.43 bits per heavy atom. The van der Waals surface area contributed by atoms with Gasteiger partial charge in [0, 0.05) is 12.6 Å². The summed E-state index contributed by atoms with van der Waals surface area (Å²) in [6.45, 7) is 4.25. The van der Waals surface area contributed by atoms with E-state index >= 15 is 0 Å². The molecular formula is C11H16N2S. The first-order chi connectivity index (χ1) is 6.86. The predicted molar refractivity (Wildman–Crippen MR) is 63.2 cm³/mol. The quantitative estimate of drug-likeness (QED) is 0.695. The lowest BCUT2D eigenvalue weighted by atomic mass is 10.3. The number of aromatic nitrogens is 2. The van der Waals surface area contributed by atoms with Crippen LogP contribution >= 0.6 is 11.8 Å². The summed E-state index contributed by atoms with van der Waals surface area (Å²) >= 11 is 1.82. The van der Waals surface area contributed by atoms with Crippen LogP contribution in [0.25, 0.3) is 6.08 Å². The van der Waals surface area contributed by atoms with E-state index in [1.165, 1.54) is 12.2 Å². The molecule has 0 N–H and O–H groups in total. The van der Waals surface area contributed by atoms with Gasteiger partial charge in [-0.2, -0.15) is 0 Å². The Morgan fingerprint density at radius 3 is 3.00 bits per heavy atom. The van der Waals surface area contributed by atoms with Crippen molar-refractivity contribution in [2.24, 2.45) is 0 Å². The molecule has 0 spiro atoms. The molecule has 0 fully saturated rings. The number of hydrogen-bond donors (Lipinski definition) is 0. The van der Waals surface area contributed by atoms with Crippen molar-refractivity contribution in [3.63, 3.8) is 0 Å². The van der Waals surface area contributed by atoms with Gasteiger partial charge in [0.05, 0.1) is 5.69 Å². The van der Waals surface area contributed by atoms with Crippen LogP contribution in [0, 0.1) is 0 Å². The smallest absolute Gasteiger partial charge is 0.128 e. The molecule has 0 bridgehead atoms. The summed E-state index contributed by atoms with van der Waals surface area (Å²) in [7, 11) is 0. The summed E-state index contributed by atoms with van der Waals surface area (Å²) in [5.41, 5.74) is 1.00. The SMILES string of the molecule is CCCS/C=C/c1ccnc(CC)n1. The van der Waals surface area contributed by atoms with Crippen LogP contribution in [0.1, 0.15) is 31.8 Å². The molecule has 0 aliphatic carbocycles.